The lowest BCUT2D eigenvalue weighted by Crippen LogP contribution is -2.61. The van der Waals surface area contributed by atoms with E-state index in [1.807, 2.05) is 0 Å². The molecule has 1 unspecified atom stereocenters. The molecule has 1 rings (SSSR count). The predicted octanol–water partition coefficient (Wildman–Crippen LogP) is 1.65. The number of alkyl halides is 5. The molecular formula is C8H9F5N2O4. The normalized spacial score (nSPS) is 24.4. The smallest absolute Gasteiger partial charge is 0.451 e. The van der Waals surface area contributed by atoms with Gasteiger partial charge in [0.2, 0.25) is 0 Å². The van der Waals surface area contributed by atoms with Crippen LogP contribution in [-0.2, 0) is 9.47 Å². The summed E-state index contributed by atoms with van der Waals surface area (Å²) in [6.45, 7) is 1.14. The number of rotatable bonds is 2. The minimum Gasteiger partial charge on any atom is -0.451 e. The fourth-order valence-corrected chi connectivity index (χ4v) is 1.45. The fourth-order valence-electron chi connectivity index (χ4n) is 1.45. The Morgan fingerprint density at radius 2 is 1.95 bits per heavy atom. The van der Waals surface area contributed by atoms with Crippen molar-refractivity contribution in [1.29, 1.82) is 0 Å². The van der Waals surface area contributed by atoms with Crippen molar-refractivity contribution >= 4 is 11.8 Å². The van der Waals surface area contributed by atoms with Crippen molar-refractivity contribution in [2.24, 2.45) is 5.10 Å². The molecule has 1 atom stereocenters. The van der Waals surface area contributed by atoms with Gasteiger partial charge < -0.3 is 9.84 Å². The Hall–Kier alpha value is -1.49. The van der Waals surface area contributed by atoms with Crippen LogP contribution in [-0.4, -0.2) is 47.2 Å². The van der Waals surface area contributed by atoms with Crippen LogP contribution in [0.1, 0.15) is 13.3 Å². The average molecular weight is 292 g/mol. The summed E-state index contributed by atoms with van der Waals surface area (Å²) >= 11 is 0. The van der Waals surface area contributed by atoms with E-state index in [-0.39, 0.29) is 10.7 Å². The highest BCUT2D eigenvalue weighted by molar-refractivity contribution is 5.87. The van der Waals surface area contributed by atoms with Crippen molar-refractivity contribution in [3.05, 3.63) is 0 Å². The molecule has 110 valence electrons. The number of hydrogen-bond donors (Lipinski definition) is 1. The number of carbonyl (C=O) groups excluding carboxylic acids is 1. The molecule has 0 aromatic rings. The maximum atomic E-state index is 13.4. The van der Waals surface area contributed by atoms with Gasteiger partial charge in [0, 0.05) is 12.1 Å². The van der Waals surface area contributed by atoms with Gasteiger partial charge in [-0.25, -0.2) is 9.53 Å². The highest BCUT2D eigenvalue weighted by Crippen LogP contribution is 2.43. The lowest BCUT2D eigenvalue weighted by Gasteiger charge is -2.35. The number of nitrogens with zero attached hydrogens (tertiary/aromatic N) is 2. The number of ether oxygens (including phenoxy) is 2. The van der Waals surface area contributed by atoms with Gasteiger partial charge in [-0.05, 0) is 6.92 Å². The third-order valence-corrected chi connectivity index (χ3v) is 2.18. The quantitative estimate of drug-likeness (QED) is 0.786. The third kappa shape index (κ3) is 2.92. The van der Waals surface area contributed by atoms with E-state index in [9.17, 15) is 31.9 Å². The standard InChI is InChI=1S/C8H9F5N2O4/c1-4-3-6(17,15(14-4)5(16)18-2)7(9,10)19-8(11,12)13/h17H,3H2,1-2H3. The van der Waals surface area contributed by atoms with E-state index >= 15 is 0 Å². The van der Waals surface area contributed by atoms with Crippen LogP contribution in [0.15, 0.2) is 5.10 Å². The van der Waals surface area contributed by atoms with Gasteiger partial charge in [0.25, 0.3) is 5.72 Å². The molecule has 0 aromatic carbocycles. The molecule has 1 heterocycles. The van der Waals surface area contributed by atoms with Gasteiger partial charge in [-0.1, -0.05) is 0 Å². The molecule has 6 nitrogen and oxygen atoms in total. The fraction of sp³-hybridized carbons (Fsp3) is 0.750. The van der Waals surface area contributed by atoms with Gasteiger partial charge in [-0.3, -0.25) is 0 Å². The monoisotopic (exact) mass is 292 g/mol. The van der Waals surface area contributed by atoms with Crippen molar-refractivity contribution in [3.8, 4) is 0 Å². The van der Waals surface area contributed by atoms with Gasteiger partial charge in [0.05, 0.1) is 7.11 Å². The van der Waals surface area contributed by atoms with Gasteiger partial charge in [0.1, 0.15) is 0 Å². The largest absolute Gasteiger partial charge is 0.527 e. The minimum atomic E-state index is -5.71. The van der Waals surface area contributed by atoms with Crippen molar-refractivity contribution < 1.29 is 41.3 Å². The van der Waals surface area contributed by atoms with Crippen LogP contribution in [0.25, 0.3) is 0 Å². The van der Waals surface area contributed by atoms with E-state index in [4.69, 9.17) is 0 Å². The van der Waals surface area contributed by atoms with Crippen molar-refractivity contribution in [1.82, 2.24) is 5.01 Å². The van der Waals surface area contributed by atoms with E-state index in [2.05, 4.69) is 14.6 Å². The van der Waals surface area contributed by atoms with Crippen LogP contribution < -0.4 is 0 Å². The van der Waals surface area contributed by atoms with Gasteiger partial charge >= 0.3 is 18.6 Å². The van der Waals surface area contributed by atoms with Gasteiger partial charge in [0.15, 0.2) is 0 Å². The molecule has 0 fully saturated rings. The van der Waals surface area contributed by atoms with Gasteiger partial charge in [-0.15, -0.1) is 13.2 Å². The van der Waals surface area contributed by atoms with Crippen molar-refractivity contribution in [2.45, 2.75) is 31.5 Å². The van der Waals surface area contributed by atoms with Crippen LogP contribution in [0, 0.1) is 0 Å². The number of hydrogen-bond acceptors (Lipinski definition) is 5. The van der Waals surface area contributed by atoms with Crippen LogP contribution in [0.4, 0.5) is 26.7 Å². The first-order valence-corrected chi connectivity index (χ1v) is 4.72. The average Bonchev–Trinajstić information content (AvgIpc) is 2.51. The number of hydrazone groups is 1. The molecule has 1 aliphatic rings. The highest BCUT2D eigenvalue weighted by Gasteiger charge is 2.67. The molecule has 1 N–H and O–H groups in total. The van der Waals surface area contributed by atoms with Crippen LogP contribution in [0.3, 0.4) is 0 Å². The summed E-state index contributed by atoms with van der Waals surface area (Å²) in [7, 11) is 0.786. The van der Waals surface area contributed by atoms with Crippen LogP contribution >= 0.6 is 0 Å². The Bertz CT molecular complexity index is 410. The maximum Gasteiger partial charge on any atom is 0.527 e. The Morgan fingerprint density at radius 1 is 1.42 bits per heavy atom. The zero-order valence-corrected chi connectivity index (χ0v) is 9.66. The molecule has 0 aliphatic carbocycles. The van der Waals surface area contributed by atoms with Crippen molar-refractivity contribution in [2.75, 3.05) is 7.11 Å². The second-order valence-electron chi connectivity index (χ2n) is 3.68. The first-order chi connectivity index (χ1) is 8.43. The topological polar surface area (TPSA) is 71.4 Å². The predicted molar refractivity (Wildman–Crippen MR) is 49.0 cm³/mol. The Balaban J connectivity index is 3.11. The van der Waals surface area contributed by atoms with E-state index in [1.54, 1.807) is 0 Å². The van der Waals surface area contributed by atoms with Crippen molar-refractivity contribution in [3.63, 3.8) is 0 Å². The van der Waals surface area contributed by atoms with E-state index in [0.29, 0.717) is 0 Å². The zero-order chi connectivity index (χ0) is 15.1. The molecular weight excluding hydrogens is 283 g/mol. The van der Waals surface area contributed by atoms with Gasteiger partial charge in [-0.2, -0.15) is 18.9 Å². The summed E-state index contributed by atoms with van der Waals surface area (Å²) in [5.41, 5.74) is -3.81. The molecule has 11 heteroatoms. The third-order valence-electron chi connectivity index (χ3n) is 2.18. The number of halogens is 5. The minimum absolute atomic E-state index is 0.196. The Morgan fingerprint density at radius 3 is 2.37 bits per heavy atom. The zero-order valence-electron chi connectivity index (χ0n) is 9.66. The van der Waals surface area contributed by atoms with E-state index in [1.165, 1.54) is 0 Å². The summed E-state index contributed by atoms with van der Waals surface area (Å²) in [4.78, 5) is 11.2. The molecule has 0 spiro atoms. The summed E-state index contributed by atoms with van der Waals surface area (Å²) in [6, 6.07) is 0. The first kappa shape index (κ1) is 15.6. The molecule has 0 radical (unpaired) electrons. The van der Waals surface area contributed by atoms with Crippen LogP contribution in [0.2, 0.25) is 0 Å². The molecule has 19 heavy (non-hydrogen) atoms. The number of carbonyl (C=O) groups is 1. The second-order valence-corrected chi connectivity index (χ2v) is 3.68. The second kappa shape index (κ2) is 4.56. The van der Waals surface area contributed by atoms with Crippen LogP contribution in [0.5, 0.6) is 0 Å². The molecule has 0 aromatic heterocycles. The maximum absolute atomic E-state index is 13.4. The highest BCUT2D eigenvalue weighted by atomic mass is 19.4. The first-order valence-electron chi connectivity index (χ1n) is 4.72. The number of amides is 1. The molecule has 0 saturated heterocycles. The SMILES string of the molecule is COC(=O)N1N=C(C)CC1(O)C(F)(F)OC(F)(F)F. The summed E-state index contributed by atoms with van der Waals surface area (Å²) in [6.07, 6.45) is -13.4. The Labute approximate surface area is 103 Å². The summed E-state index contributed by atoms with van der Waals surface area (Å²) < 4.78 is 69.1. The number of methoxy groups -OCH3 is 1. The summed E-state index contributed by atoms with van der Waals surface area (Å²) in [5.74, 6) is 0. The molecule has 1 amide bonds. The van der Waals surface area contributed by atoms with E-state index in [0.717, 1.165) is 14.0 Å². The number of aliphatic hydroxyl groups is 1. The summed E-state index contributed by atoms with van der Waals surface area (Å²) in [5, 5.41) is 12.6. The Kier molecular flexibility index (Phi) is 3.74. The van der Waals surface area contributed by atoms with E-state index < -0.39 is 30.7 Å². The molecule has 0 saturated carbocycles. The lowest BCUT2D eigenvalue weighted by atomic mass is 10.1. The molecule has 1 aliphatic heterocycles. The molecule has 0 bridgehead atoms. The lowest BCUT2D eigenvalue weighted by molar-refractivity contribution is -0.469.